The lowest BCUT2D eigenvalue weighted by atomic mass is 10.1. The van der Waals surface area contributed by atoms with Crippen molar-refractivity contribution in [1.82, 2.24) is 14.6 Å². The standard InChI is InChI=1S/C23H21ClN4O/c1-4-29-19-9-7-18(8-10-19)26-16(3)21-14-23-25-12-11-22(28(23)27-21)17-6-5-15(2)20(24)13-17/h5-14,26H,3-4H2,1-2H3. The fraction of sp³-hybridized carbons (Fsp3) is 0.130. The lowest BCUT2D eigenvalue weighted by molar-refractivity contribution is 0.340. The summed E-state index contributed by atoms with van der Waals surface area (Å²) in [7, 11) is 0. The van der Waals surface area contributed by atoms with E-state index in [4.69, 9.17) is 21.4 Å². The summed E-state index contributed by atoms with van der Waals surface area (Å²) >= 11 is 6.31. The van der Waals surface area contributed by atoms with Crippen LogP contribution in [0, 0.1) is 6.92 Å². The predicted octanol–water partition coefficient (Wildman–Crippen LogP) is 5.84. The third kappa shape index (κ3) is 3.96. The van der Waals surface area contributed by atoms with Crippen LogP contribution in [-0.4, -0.2) is 21.2 Å². The fourth-order valence-electron chi connectivity index (χ4n) is 3.05. The summed E-state index contributed by atoms with van der Waals surface area (Å²) in [4.78, 5) is 4.43. The maximum atomic E-state index is 6.31. The summed E-state index contributed by atoms with van der Waals surface area (Å²) in [5, 5.41) is 8.72. The minimum Gasteiger partial charge on any atom is -0.494 e. The highest BCUT2D eigenvalue weighted by Gasteiger charge is 2.11. The maximum absolute atomic E-state index is 6.31. The summed E-state index contributed by atoms with van der Waals surface area (Å²) in [6, 6.07) is 17.5. The molecule has 5 nitrogen and oxygen atoms in total. The molecule has 1 N–H and O–H groups in total. The van der Waals surface area contributed by atoms with Crippen molar-refractivity contribution in [3.05, 3.63) is 83.7 Å². The van der Waals surface area contributed by atoms with Crippen molar-refractivity contribution in [2.24, 2.45) is 0 Å². The van der Waals surface area contributed by atoms with Gasteiger partial charge in [-0.2, -0.15) is 5.10 Å². The Kier molecular flexibility index (Phi) is 5.23. The topological polar surface area (TPSA) is 51.5 Å². The second-order valence-electron chi connectivity index (χ2n) is 6.65. The first-order valence-electron chi connectivity index (χ1n) is 9.35. The van der Waals surface area contributed by atoms with E-state index < -0.39 is 0 Å². The van der Waals surface area contributed by atoms with E-state index in [1.807, 2.05) is 68.4 Å². The van der Waals surface area contributed by atoms with Crippen LogP contribution in [0.25, 0.3) is 22.6 Å². The molecule has 0 aliphatic carbocycles. The Morgan fingerprint density at radius 2 is 1.93 bits per heavy atom. The molecule has 4 rings (SSSR count). The lowest BCUT2D eigenvalue weighted by Crippen LogP contribution is -2.00. The Balaban J connectivity index is 1.63. The van der Waals surface area contributed by atoms with Gasteiger partial charge in [0.15, 0.2) is 5.65 Å². The Morgan fingerprint density at radius 1 is 1.14 bits per heavy atom. The fourth-order valence-corrected chi connectivity index (χ4v) is 3.23. The number of nitrogens with zero attached hydrogens (tertiary/aromatic N) is 3. The molecule has 0 aliphatic heterocycles. The first-order valence-corrected chi connectivity index (χ1v) is 9.73. The summed E-state index contributed by atoms with van der Waals surface area (Å²) < 4.78 is 7.28. The van der Waals surface area contributed by atoms with Crippen molar-refractivity contribution in [2.45, 2.75) is 13.8 Å². The van der Waals surface area contributed by atoms with Crippen molar-refractivity contribution in [2.75, 3.05) is 11.9 Å². The van der Waals surface area contributed by atoms with Gasteiger partial charge in [-0.05, 0) is 55.8 Å². The van der Waals surface area contributed by atoms with E-state index >= 15 is 0 Å². The molecule has 0 aliphatic rings. The minimum absolute atomic E-state index is 0.641. The molecule has 0 unspecified atom stereocenters. The van der Waals surface area contributed by atoms with Crippen LogP contribution in [0.4, 0.5) is 5.69 Å². The molecule has 4 aromatic rings. The average molecular weight is 405 g/mol. The number of halogens is 1. The van der Waals surface area contributed by atoms with E-state index in [9.17, 15) is 0 Å². The highest BCUT2D eigenvalue weighted by atomic mass is 35.5. The van der Waals surface area contributed by atoms with Crippen molar-refractivity contribution in [3.8, 4) is 17.0 Å². The van der Waals surface area contributed by atoms with Crippen molar-refractivity contribution in [1.29, 1.82) is 0 Å². The lowest BCUT2D eigenvalue weighted by Gasteiger charge is -2.09. The van der Waals surface area contributed by atoms with Gasteiger partial charge in [-0.1, -0.05) is 30.3 Å². The van der Waals surface area contributed by atoms with Gasteiger partial charge in [0, 0.05) is 28.5 Å². The monoisotopic (exact) mass is 404 g/mol. The van der Waals surface area contributed by atoms with Gasteiger partial charge < -0.3 is 10.1 Å². The van der Waals surface area contributed by atoms with Gasteiger partial charge in [0.25, 0.3) is 0 Å². The zero-order valence-electron chi connectivity index (χ0n) is 16.3. The maximum Gasteiger partial charge on any atom is 0.156 e. The number of anilines is 1. The molecular weight excluding hydrogens is 384 g/mol. The molecule has 0 saturated carbocycles. The van der Waals surface area contributed by atoms with E-state index in [-0.39, 0.29) is 0 Å². The van der Waals surface area contributed by atoms with Crippen LogP contribution < -0.4 is 10.1 Å². The summed E-state index contributed by atoms with van der Waals surface area (Å²) in [6.07, 6.45) is 1.77. The van der Waals surface area contributed by atoms with Gasteiger partial charge in [0.2, 0.25) is 0 Å². The number of aryl methyl sites for hydroxylation is 1. The van der Waals surface area contributed by atoms with Crippen molar-refractivity contribution in [3.63, 3.8) is 0 Å². The molecule has 0 saturated heterocycles. The number of rotatable bonds is 6. The van der Waals surface area contributed by atoms with Crippen LogP contribution in [0.3, 0.4) is 0 Å². The molecule has 0 radical (unpaired) electrons. The number of hydrogen-bond donors (Lipinski definition) is 1. The predicted molar refractivity (Wildman–Crippen MR) is 118 cm³/mol. The summed E-state index contributed by atoms with van der Waals surface area (Å²) in [5.41, 5.74) is 5.99. The molecule has 2 heterocycles. The third-order valence-corrected chi connectivity index (χ3v) is 5.00. The zero-order chi connectivity index (χ0) is 20.4. The molecule has 0 amide bonds. The highest BCUT2D eigenvalue weighted by molar-refractivity contribution is 6.31. The largest absolute Gasteiger partial charge is 0.494 e. The second-order valence-corrected chi connectivity index (χ2v) is 7.06. The van der Waals surface area contributed by atoms with E-state index in [1.165, 1.54) is 0 Å². The first kappa shape index (κ1) is 19.0. The number of nitrogens with one attached hydrogen (secondary N) is 1. The smallest absolute Gasteiger partial charge is 0.156 e. The van der Waals surface area contributed by atoms with Crippen molar-refractivity contribution >= 4 is 28.6 Å². The van der Waals surface area contributed by atoms with Crippen LogP contribution in [0.5, 0.6) is 5.75 Å². The van der Waals surface area contributed by atoms with E-state index in [0.717, 1.165) is 44.6 Å². The molecule has 0 fully saturated rings. The van der Waals surface area contributed by atoms with Gasteiger partial charge in [0.05, 0.1) is 18.0 Å². The Bertz CT molecular complexity index is 1180. The first-order chi connectivity index (χ1) is 14.0. The molecule has 0 bridgehead atoms. The quantitative estimate of drug-likeness (QED) is 0.438. The van der Waals surface area contributed by atoms with E-state index in [0.29, 0.717) is 12.3 Å². The molecular formula is C23H21ClN4O. The average Bonchev–Trinajstić information content (AvgIpc) is 3.16. The minimum atomic E-state index is 0.641. The molecule has 0 spiro atoms. The van der Waals surface area contributed by atoms with Crippen LogP contribution in [0.1, 0.15) is 18.2 Å². The summed E-state index contributed by atoms with van der Waals surface area (Å²) in [5.74, 6) is 0.835. The molecule has 29 heavy (non-hydrogen) atoms. The SMILES string of the molecule is C=C(Nc1ccc(OCC)cc1)c1cc2nccc(-c3ccc(C)c(Cl)c3)n2n1. The molecule has 6 heteroatoms. The zero-order valence-corrected chi connectivity index (χ0v) is 17.1. The van der Waals surface area contributed by atoms with Gasteiger partial charge in [-0.25, -0.2) is 9.50 Å². The van der Waals surface area contributed by atoms with Gasteiger partial charge >= 0.3 is 0 Å². The number of ether oxygens (including phenoxy) is 1. The normalized spacial score (nSPS) is 10.9. The third-order valence-electron chi connectivity index (χ3n) is 4.60. The molecule has 146 valence electrons. The Labute approximate surface area is 174 Å². The van der Waals surface area contributed by atoms with Gasteiger partial charge in [0.1, 0.15) is 11.4 Å². The second kappa shape index (κ2) is 7.97. The summed E-state index contributed by atoms with van der Waals surface area (Å²) in [6.45, 7) is 8.72. The van der Waals surface area contributed by atoms with E-state index in [2.05, 4.69) is 16.9 Å². The molecule has 0 atom stereocenters. The molecule has 2 aromatic heterocycles. The number of fused-ring (bicyclic) bond motifs is 1. The number of hydrogen-bond acceptors (Lipinski definition) is 4. The van der Waals surface area contributed by atoms with Crippen LogP contribution in [0.15, 0.2) is 67.4 Å². The number of benzene rings is 2. The molecule has 2 aromatic carbocycles. The number of aromatic nitrogens is 3. The van der Waals surface area contributed by atoms with Crippen LogP contribution >= 0.6 is 11.6 Å². The van der Waals surface area contributed by atoms with Crippen LogP contribution in [-0.2, 0) is 0 Å². The highest BCUT2D eigenvalue weighted by Crippen LogP contribution is 2.27. The van der Waals surface area contributed by atoms with E-state index in [1.54, 1.807) is 10.7 Å². The van der Waals surface area contributed by atoms with Gasteiger partial charge in [-0.3, -0.25) is 0 Å². The van der Waals surface area contributed by atoms with Gasteiger partial charge in [-0.15, -0.1) is 0 Å². The van der Waals surface area contributed by atoms with Crippen LogP contribution in [0.2, 0.25) is 5.02 Å². The Hall–Kier alpha value is -3.31. The Morgan fingerprint density at radius 3 is 2.66 bits per heavy atom. The van der Waals surface area contributed by atoms with Crippen molar-refractivity contribution < 1.29 is 4.74 Å².